The van der Waals surface area contributed by atoms with Crippen LogP contribution in [-0.4, -0.2) is 24.7 Å². The average Bonchev–Trinajstić information content (AvgIpc) is 2.66. The molecule has 0 heterocycles. The topological polar surface area (TPSA) is 67.8 Å². The van der Waals surface area contributed by atoms with Crippen LogP contribution in [0.25, 0.3) is 6.08 Å². The Morgan fingerprint density at radius 2 is 1.88 bits per heavy atom. The maximum absolute atomic E-state index is 12.0. The Bertz CT molecular complexity index is 738. The van der Waals surface area contributed by atoms with E-state index in [2.05, 4.69) is 12.2 Å². The van der Waals surface area contributed by atoms with Crippen molar-refractivity contribution in [2.24, 2.45) is 0 Å². The fourth-order valence-electron chi connectivity index (χ4n) is 2.34. The van der Waals surface area contributed by atoms with Crippen molar-refractivity contribution in [1.29, 1.82) is 0 Å². The number of unbranched alkanes of at least 4 members (excludes halogenated alkanes) is 2. The molecule has 0 atom stereocenters. The molecule has 2 aromatic carbocycles. The summed E-state index contributed by atoms with van der Waals surface area (Å²) in [6.07, 6.45) is 6.46. The molecule has 0 spiro atoms. The summed E-state index contributed by atoms with van der Waals surface area (Å²) in [4.78, 5) is 12.0. The van der Waals surface area contributed by atoms with Crippen LogP contribution in [0.4, 0.5) is 5.69 Å². The van der Waals surface area contributed by atoms with Crippen LogP contribution in [0.2, 0.25) is 0 Å². The Balaban J connectivity index is 1.96. The molecule has 0 aliphatic heterocycles. The van der Waals surface area contributed by atoms with Gasteiger partial charge < -0.3 is 19.9 Å². The van der Waals surface area contributed by atoms with Crippen molar-refractivity contribution < 1.29 is 19.4 Å². The number of hydrogen-bond donors (Lipinski definition) is 2. The van der Waals surface area contributed by atoms with E-state index < -0.39 is 0 Å². The second-order valence-electron chi connectivity index (χ2n) is 5.84. The molecule has 0 aliphatic carbocycles. The van der Waals surface area contributed by atoms with Crippen molar-refractivity contribution in [3.05, 3.63) is 54.1 Å². The third kappa shape index (κ3) is 6.16. The first kappa shape index (κ1) is 19.4. The molecule has 0 fully saturated rings. The number of nitrogens with one attached hydrogen (secondary N) is 1. The maximum atomic E-state index is 12.0. The van der Waals surface area contributed by atoms with Crippen LogP contribution in [0.1, 0.15) is 31.7 Å². The van der Waals surface area contributed by atoms with E-state index in [9.17, 15) is 9.90 Å². The second-order valence-corrected chi connectivity index (χ2v) is 5.84. The zero-order valence-electron chi connectivity index (χ0n) is 15.2. The third-order valence-corrected chi connectivity index (χ3v) is 3.76. The molecule has 5 heteroatoms. The molecule has 0 unspecified atom stereocenters. The number of phenolic OH excluding ortho intramolecular Hbond substituents is 1. The summed E-state index contributed by atoms with van der Waals surface area (Å²) >= 11 is 0. The zero-order chi connectivity index (χ0) is 18.8. The van der Waals surface area contributed by atoms with E-state index in [1.165, 1.54) is 18.2 Å². The number of amides is 1. The van der Waals surface area contributed by atoms with Gasteiger partial charge in [-0.3, -0.25) is 4.79 Å². The Morgan fingerprint density at radius 3 is 2.58 bits per heavy atom. The van der Waals surface area contributed by atoms with E-state index in [1.807, 2.05) is 18.2 Å². The van der Waals surface area contributed by atoms with Crippen LogP contribution in [-0.2, 0) is 4.79 Å². The van der Waals surface area contributed by atoms with Gasteiger partial charge in [0.15, 0.2) is 11.5 Å². The van der Waals surface area contributed by atoms with Gasteiger partial charge in [0.2, 0.25) is 5.91 Å². The van der Waals surface area contributed by atoms with Crippen LogP contribution >= 0.6 is 0 Å². The molecule has 0 aliphatic rings. The summed E-state index contributed by atoms with van der Waals surface area (Å²) in [5.74, 6) is 1.24. The zero-order valence-corrected chi connectivity index (χ0v) is 15.2. The van der Waals surface area contributed by atoms with Crippen LogP contribution in [0.5, 0.6) is 17.2 Å². The Kier molecular flexibility index (Phi) is 7.55. The molecule has 0 bridgehead atoms. The lowest BCUT2D eigenvalue weighted by Crippen LogP contribution is -2.07. The fraction of sp³-hybridized carbons (Fsp3) is 0.286. The summed E-state index contributed by atoms with van der Waals surface area (Å²) in [7, 11) is 1.60. The predicted molar refractivity (Wildman–Crippen MR) is 104 cm³/mol. The van der Waals surface area contributed by atoms with Gasteiger partial charge in [-0.2, -0.15) is 0 Å². The minimum Gasteiger partial charge on any atom is -0.508 e. The highest BCUT2D eigenvalue weighted by Crippen LogP contribution is 2.28. The van der Waals surface area contributed by atoms with Crippen molar-refractivity contribution in [2.45, 2.75) is 26.2 Å². The predicted octanol–water partition coefficient (Wildman–Crippen LogP) is 4.62. The molecule has 2 aromatic rings. The number of aromatic hydroxyl groups is 1. The van der Waals surface area contributed by atoms with Crippen molar-refractivity contribution in [3.63, 3.8) is 0 Å². The average molecular weight is 355 g/mol. The number of anilines is 1. The molecule has 26 heavy (non-hydrogen) atoms. The number of methoxy groups -OCH3 is 1. The molecule has 0 saturated carbocycles. The second kappa shape index (κ2) is 10.1. The molecule has 0 saturated heterocycles. The van der Waals surface area contributed by atoms with E-state index in [4.69, 9.17) is 9.47 Å². The number of phenols is 1. The first-order chi connectivity index (χ1) is 12.6. The lowest BCUT2D eigenvalue weighted by Gasteiger charge is -2.11. The SMILES string of the molecule is CCCCCOc1ccc(/C=C/C(=O)Nc2ccc(O)cc2)cc1OC. The summed E-state index contributed by atoms with van der Waals surface area (Å²) in [6.45, 7) is 2.81. The molecule has 5 nitrogen and oxygen atoms in total. The molecule has 1 amide bonds. The van der Waals surface area contributed by atoms with Crippen molar-refractivity contribution >= 4 is 17.7 Å². The molecule has 138 valence electrons. The number of carbonyl (C=O) groups is 1. The molecule has 0 radical (unpaired) electrons. The fourth-order valence-corrected chi connectivity index (χ4v) is 2.34. The van der Waals surface area contributed by atoms with Gasteiger partial charge >= 0.3 is 0 Å². The Hall–Kier alpha value is -2.95. The molecule has 2 rings (SSSR count). The van der Waals surface area contributed by atoms with Gasteiger partial charge in [-0.15, -0.1) is 0 Å². The van der Waals surface area contributed by atoms with E-state index >= 15 is 0 Å². The minimum absolute atomic E-state index is 0.155. The van der Waals surface area contributed by atoms with Crippen LogP contribution in [0.3, 0.4) is 0 Å². The van der Waals surface area contributed by atoms with E-state index in [-0.39, 0.29) is 11.7 Å². The van der Waals surface area contributed by atoms with Gasteiger partial charge in [0.25, 0.3) is 0 Å². The highest BCUT2D eigenvalue weighted by atomic mass is 16.5. The summed E-state index contributed by atoms with van der Waals surface area (Å²) in [5.41, 5.74) is 1.45. The molecular formula is C21H25NO4. The lowest BCUT2D eigenvalue weighted by molar-refractivity contribution is -0.111. The van der Waals surface area contributed by atoms with Gasteiger partial charge in [0, 0.05) is 11.8 Å². The molecule has 2 N–H and O–H groups in total. The molecule has 0 aromatic heterocycles. The normalized spacial score (nSPS) is 10.7. The summed E-state index contributed by atoms with van der Waals surface area (Å²) in [6, 6.07) is 11.9. The third-order valence-electron chi connectivity index (χ3n) is 3.76. The Morgan fingerprint density at radius 1 is 1.12 bits per heavy atom. The lowest BCUT2D eigenvalue weighted by atomic mass is 10.2. The van der Waals surface area contributed by atoms with Gasteiger partial charge in [0.05, 0.1) is 13.7 Å². The smallest absolute Gasteiger partial charge is 0.248 e. The van der Waals surface area contributed by atoms with Gasteiger partial charge in [-0.25, -0.2) is 0 Å². The molecular weight excluding hydrogens is 330 g/mol. The number of rotatable bonds is 9. The van der Waals surface area contributed by atoms with Crippen LogP contribution < -0.4 is 14.8 Å². The van der Waals surface area contributed by atoms with E-state index in [1.54, 1.807) is 25.3 Å². The first-order valence-electron chi connectivity index (χ1n) is 8.71. The summed E-state index contributed by atoms with van der Waals surface area (Å²) < 4.78 is 11.1. The standard InChI is InChI=1S/C21H25NO4/c1-3-4-5-14-26-19-12-6-16(15-20(19)25-2)7-13-21(24)22-17-8-10-18(23)11-9-17/h6-13,15,23H,3-5,14H2,1-2H3,(H,22,24)/b13-7+. The van der Waals surface area contributed by atoms with Gasteiger partial charge in [-0.1, -0.05) is 25.8 Å². The highest BCUT2D eigenvalue weighted by Gasteiger charge is 2.05. The summed E-state index contributed by atoms with van der Waals surface area (Å²) in [5, 5.41) is 12.0. The largest absolute Gasteiger partial charge is 0.508 e. The van der Waals surface area contributed by atoms with Crippen molar-refractivity contribution in [3.8, 4) is 17.2 Å². The van der Waals surface area contributed by atoms with Crippen LogP contribution in [0, 0.1) is 0 Å². The van der Waals surface area contributed by atoms with E-state index in [0.717, 1.165) is 24.8 Å². The quantitative estimate of drug-likeness (QED) is 0.391. The monoisotopic (exact) mass is 355 g/mol. The number of hydrogen-bond acceptors (Lipinski definition) is 4. The Labute approximate surface area is 154 Å². The van der Waals surface area contributed by atoms with Crippen LogP contribution in [0.15, 0.2) is 48.5 Å². The van der Waals surface area contributed by atoms with Crippen molar-refractivity contribution in [2.75, 3.05) is 19.0 Å². The van der Waals surface area contributed by atoms with Crippen molar-refractivity contribution in [1.82, 2.24) is 0 Å². The number of carbonyl (C=O) groups excluding carboxylic acids is 1. The van der Waals surface area contributed by atoms with Gasteiger partial charge in [0.1, 0.15) is 5.75 Å². The first-order valence-corrected chi connectivity index (χ1v) is 8.71. The van der Waals surface area contributed by atoms with Gasteiger partial charge in [-0.05, 0) is 54.5 Å². The highest BCUT2D eigenvalue weighted by molar-refractivity contribution is 6.01. The number of benzene rings is 2. The van der Waals surface area contributed by atoms with E-state index in [0.29, 0.717) is 23.8 Å². The minimum atomic E-state index is -0.255. The maximum Gasteiger partial charge on any atom is 0.248 e. The number of ether oxygens (including phenoxy) is 2.